The second-order valence-electron chi connectivity index (χ2n) is 6.07. The molecule has 25 heavy (non-hydrogen) atoms. The van der Waals surface area contributed by atoms with Crippen LogP contribution >= 0.6 is 11.3 Å². The minimum atomic E-state index is -0.576. The summed E-state index contributed by atoms with van der Waals surface area (Å²) in [6, 6.07) is 0.818. The Morgan fingerprint density at radius 3 is 3.00 bits per heavy atom. The average Bonchev–Trinajstić information content (AvgIpc) is 3.19. The summed E-state index contributed by atoms with van der Waals surface area (Å²) < 4.78 is 33.6. The van der Waals surface area contributed by atoms with Gasteiger partial charge in [0.15, 0.2) is 11.6 Å². The standard InChI is InChI=1S/C16H16F2N4O2S/c17-7-3-11(25-6-7)14-12-8(4-20-16(12)23)13(18)15(22-14)21-10-1-2-24-5-9(10)19/h3,6,9-10H,1-2,4-5,19H2,(H,20,23)(H,21,22)/t9-,10+/m0/s1. The zero-order valence-electron chi connectivity index (χ0n) is 13.1. The van der Waals surface area contributed by atoms with Crippen molar-refractivity contribution in [1.82, 2.24) is 10.3 Å². The summed E-state index contributed by atoms with van der Waals surface area (Å²) in [6.07, 6.45) is 0.625. The number of carbonyl (C=O) groups is 1. The van der Waals surface area contributed by atoms with Crippen LogP contribution < -0.4 is 16.4 Å². The molecule has 4 N–H and O–H groups in total. The predicted octanol–water partition coefficient (Wildman–Crippen LogP) is 1.86. The van der Waals surface area contributed by atoms with Gasteiger partial charge in [-0.15, -0.1) is 11.3 Å². The molecule has 132 valence electrons. The molecular formula is C16H16F2N4O2S. The Labute approximate surface area is 146 Å². The Morgan fingerprint density at radius 2 is 2.28 bits per heavy atom. The van der Waals surface area contributed by atoms with Crippen molar-refractivity contribution >= 4 is 23.1 Å². The van der Waals surface area contributed by atoms with Gasteiger partial charge in [-0.3, -0.25) is 4.79 Å². The van der Waals surface area contributed by atoms with Crippen LogP contribution in [0.1, 0.15) is 22.3 Å². The van der Waals surface area contributed by atoms with Gasteiger partial charge >= 0.3 is 0 Å². The van der Waals surface area contributed by atoms with Crippen LogP contribution in [0, 0.1) is 11.6 Å². The van der Waals surface area contributed by atoms with Crippen molar-refractivity contribution in [1.29, 1.82) is 0 Å². The third kappa shape index (κ3) is 2.88. The molecule has 0 unspecified atom stereocenters. The smallest absolute Gasteiger partial charge is 0.254 e. The van der Waals surface area contributed by atoms with Crippen molar-refractivity contribution in [3.8, 4) is 10.6 Å². The lowest BCUT2D eigenvalue weighted by Gasteiger charge is -2.30. The summed E-state index contributed by atoms with van der Waals surface area (Å²) in [5.74, 6) is -1.37. The first kappa shape index (κ1) is 16.4. The number of fused-ring (bicyclic) bond motifs is 1. The molecule has 1 fully saturated rings. The Kier molecular flexibility index (Phi) is 4.14. The minimum absolute atomic E-state index is 0.0291. The number of rotatable bonds is 3. The lowest BCUT2D eigenvalue weighted by molar-refractivity contribution is 0.0751. The molecule has 9 heteroatoms. The molecular weight excluding hydrogens is 350 g/mol. The monoisotopic (exact) mass is 366 g/mol. The fourth-order valence-corrected chi connectivity index (χ4v) is 3.85. The van der Waals surface area contributed by atoms with Crippen LogP contribution in [0.5, 0.6) is 0 Å². The zero-order valence-corrected chi connectivity index (χ0v) is 14.0. The maximum atomic E-state index is 14.9. The van der Waals surface area contributed by atoms with Crippen LogP contribution in [0.2, 0.25) is 0 Å². The van der Waals surface area contributed by atoms with Gasteiger partial charge in [-0.1, -0.05) is 0 Å². The number of hydrogen-bond donors (Lipinski definition) is 3. The van der Waals surface area contributed by atoms with Crippen LogP contribution in [-0.2, 0) is 11.3 Å². The molecule has 4 heterocycles. The number of amides is 1. The van der Waals surface area contributed by atoms with Crippen molar-refractivity contribution < 1.29 is 18.3 Å². The number of hydrogen-bond acceptors (Lipinski definition) is 6. The van der Waals surface area contributed by atoms with Crippen molar-refractivity contribution in [2.45, 2.75) is 25.0 Å². The fourth-order valence-electron chi connectivity index (χ4n) is 3.11. The average molecular weight is 366 g/mol. The van der Waals surface area contributed by atoms with E-state index in [1.807, 2.05) is 0 Å². The maximum absolute atomic E-state index is 14.9. The number of nitrogens with two attached hydrogens (primary N) is 1. The zero-order chi connectivity index (χ0) is 17.6. The van der Waals surface area contributed by atoms with Gasteiger partial charge in [-0.05, 0) is 12.5 Å². The molecule has 2 aliphatic rings. The van der Waals surface area contributed by atoms with E-state index in [9.17, 15) is 13.6 Å². The molecule has 6 nitrogen and oxygen atoms in total. The van der Waals surface area contributed by atoms with E-state index in [0.29, 0.717) is 24.5 Å². The van der Waals surface area contributed by atoms with Gasteiger partial charge < -0.3 is 21.1 Å². The molecule has 0 aliphatic carbocycles. The number of halogens is 2. The fraction of sp³-hybridized carbons (Fsp3) is 0.375. The first-order valence-corrected chi connectivity index (χ1v) is 8.77. The highest BCUT2D eigenvalue weighted by Gasteiger charge is 2.32. The highest BCUT2D eigenvalue weighted by molar-refractivity contribution is 7.13. The van der Waals surface area contributed by atoms with E-state index in [1.54, 1.807) is 0 Å². The van der Waals surface area contributed by atoms with E-state index >= 15 is 0 Å². The van der Waals surface area contributed by atoms with E-state index in [-0.39, 0.29) is 41.3 Å². The summed E-state index contributed by atoms with van der Waals surface area (Å²) in [4.78, 5) is 16.9. The first-order valence-electron chi connectivity index (χ1n) is 7.89. The van der Waals surface area contributed by atoms with E-state index in [0.717, 1.165) is 11.3 Å². The van der Waals surface area contributed by atoms with Gasteiger partial charge in [-0.25, -0.2) is 13.8 Å². The van der Waals surface area contributed by atoms with E-state index in [2.05, 4.69) is 15.6 Å². The normalized spacial score (nSPS) is 22.6. The molecule has 0 radical (unpaired) electrons. The quantitative estimate of drug-likeness (QED) is 0.772. The summed E-state index contributed by atoms with van der Waals surface area (Å²) in [7, 11) is 0. The van der Waals surface area contributed by atoms with Crippen LogP contribution in [0.15, 0.2) is 11.4 Å². The molecule has 0 aromatic carbocycles. The lowest BCUT2D eigenvalue weighted by Crippen LogP contribution is -2.48. The number of thiophene rings is 1. The van der Waals surface area contributed by atoms with Gasteiger partial charge in [-0.2, -0.15) is 0 Å². The Bertz CT molecular complexity index is 842. The van der Waals surface area contributed by atoms with E-state index in [4.69, 9.17) is 10.5 Å². The van der Waals surface area contributed by atoms with Gasteiger partial charge in [0.1, 0.15) is 5.82 Å². The maximum Gasteiger partial charge on any atom is 0.254 e. The van der Waals surface area contributed by atoms with Crippen molar-refractivity contribution in [3.63, 3.8) is 0 Å². The summed E-state index contributed by atoms with van der Waals surface area (Å²) in [6.45, 7) is 0.992. The van der Waals surface area contributed by atoms with Gasteiger partial charge in [0.2, 0.25) is 0 Å². The number of ether oxygens (including phenoxy) is 1. The number of pyridine rings is 1. The molecule has 1 amide bonds. The highest BCUT2D eigenvalue weighted by atomic mass is 32.1. The first-order chi connectivity index (χ1) is 12.0. The van der Waals surface area contributed by atoms with Gasteiger partial charge in [0, 0.05) is 36.2 Å². The van der Waals surface area contributed by atoms with Crippen LogP contribution in [0.4, 0.5) is 14.6 Å². The third-order valence-corrected chi connectivity index (χ3v) is 5.32. The highest BCUT2D eigenvalue weighted by Crippen LogP contribution is 2.35. The summed E-state index contributed by atoms with van der Waals surface area (Å²) in [5.41, 5.74) is 6.70. The SMILES string of the molecule is N[C@H]1COCC[C@H]1Nc1nc(-c2cc(F)cs2)c2c(c1F)CNC2=O. The molecule has 0 bridgehead atoms. The third-order valence-electron chi connectivity index (χ3n) is 4.41. The minimum Gasteiger partial charge on any atom is -0.380 e. The predicted molar refractivity (Wildman–Crippen MR) is 89.5 cm³/mol. The van der Waals surface area contributed by atoms with Crippen molar-refractivity contribution in [3.05, 3.63) is 34.2 Å². The topological polar surface area (TPSA) is 89.3 Å². The van der Waals surface area contributed by atoms with Gasteiger partial charge in [0.25, 0.3) is 5.91 Å². The van der Waals surface area contributed by atoms with E-state index in [1.165, 1.54) is 11.4 Å². The lowest BCUT2D eigenvalue weighted by atomic mass is 10.0. The van der Waals surface area contributed by atoms with E-state index < -0.39 is 17.5 Å². The number of nitrogens with zero attached hydrogens (tertiary/aromatic N) is 1. The Hall–Kier alpha value is -2.10. The second kappa shape index (κ2) is 6.32. The number of nitrogens with one attached hydrogen (secondary N) is 2. The second-order valence-corrected chi connectivity index (χ2v) is 6.98. The molecule has 1 saturated heterocycles. The number of carbonyl (C=O) groups excluding carboxylic acids is 1. The molecule has 0 spiro atoms. The summed E-state index contributed by atoms with van der Waals surface area (Å²) in [5, 5.41) is 6.96. The molecule has 2 aliphatic heterocycles. The number of aromatic nitrogens is 1. The van der Waals surface area contributed by atoms with Crippen LogP contribution in [-0.4, -0.2) is 36.2 Å². The van der Waals surface area contributed by atoms with Crippen LogP contribution in [0.25, 0.3) is 10.6 Å². The Balaban J connectivity index is 1.79. The summed E-state index contributed by atoms with van der Waals surface area (Å²) >= 11 is 1.12. The molecule has 0 saturated carbocycles. The molecule has 2 atom stereocenters. The molecule has 2 aromatic heterocycles. The molecule has 4 rings (SSSR count). The van der Waals surface area contributed by atoms with Crippen LogP contribution in [0.3, 0.4) is 0 Å². The number of anilines is 1. The van der Waals surface area contributed by atoms with Crippen molar-refractivity contribution in [2.75, 3.05) is 18.5 Å². The van der Waals surface area contributed by atoms with Crippen molar-refractivity contribution in [2.24, 2.45) is 5.73 Å². The Morgan fingerprint density at radius 1 is 1.44 bits per heavy atom. The largest absolute Gasteiger partial charge is 0.380 e. The van der Waals surface area contributed by atoms with Gasteiger partial charge in [0.05, 0.1) is 22.7 Å². The molecule has 2 aromatic rings.